The molecule has 0 aliphatic rings. The molecule has 0 unspecified atom stereocenters. The van der Waals surface area contributed by atoms with Crippen LogP contribution in [-0.4, -0.2) is 9.97 Å². The number of alkyl halides is 2. The minimum Gasteiger partial charge on any atom is -0.337 e. The minimum atomic E-state index is -3.10. The van der Waals surface area contributed by atoms with Crippen LogP contribution in [0.1, 0.15) is 5.82 Å². The number of aromatic amines is 1. The van der Waals surface area contributed by atoms with Crippen molar-refractivity contribution >= 4 is 11.0 Å². The van der Waals surface area contributed by atoms with E-state index in [4.69, 9.17) is 0 Å². The van der Waals surface area contributed by atoms with Crippen molar-refractivity contribution in [3.63, 3.8) is 0 Å². The van der Waals surface area contributed by atoms with Crippen LogP contribution in [0.4, 0.5) is 8.78 Å². The number of hydrogen-bond acceptors (Lipinski definition) is 1. The quantitative estimate of drug-likeness (QED) is 0.731. The largest absolute Gasteiger partial charge is 0.337 e. The number of H-pyrrole nitrogens is 1. The average Bonchev–Trinajstić information content (AvgIpc) is 2.61. The van der Waals surface area contributed by atoms with Gasteiger partial charge in [-0.3, -0.25) is 0 Å². The van der Waals surface area contributed by atoms with Crippen molar-refractivity contribution in [3.05, 3.63) is 42.7 Å². The summed E-state index contributed by atoms with van der Waals surface area (Å²) in [6.07, 6.45) is 0.574. The number of nitrogens with one attached hydrogen (secondary N) is 1. The Morgan fingerprint density at radius 1 is 1.36 bits per heavy atom. The second kappa shape index (κ2) is 2.90. The van der Waals surface area contributed by atoms with Gasteiger partial charge in [0.15, 0.2) is 5.82 Å². The molecule has 14 heavy (non-hydrogen) atoms. The fourth-order valence-corrected chi connectivity index (χ4v) is 1.21. The number of rotatable bonds is 2. The summed E-state index contributed by atoms with van der Waals surface area (Å²) in [4.78, 5) is 6.33. The van der Waals surface area contributed by atoms with Crippen LogP contribution >= 0.6 is 0 Å². The lowest BCUT2D eigenvalue weighted by molar-refractivity contribution is 0.0436. The van der Waals surface area contributed by atoms with E-state index in [2.05, 4.69) is 16.5 Å². The van der Waals surface area contributed by atoms with E-state index in [9.17, 15) is 8.78 Å². The summed E-state index contributed by atoms with van der Waals surface area (Å²) < 4.78 is 26.2. The lowest BCUT2D eigenvalue weighted by Crippen LogP contribution is -2.10. The van der Waals surface area contributed by atoms with Gasteiger partial charge in [-0.2, -0.15) is 8.78 Å². The predicted octanol–water partition coefficient (Wildman–Crippen LogP) is 2.84. The van der Waals surface area contributed by atoms with Crippen molar-refractivity contribution in [2.45, 2.75) is 5.92 Å². The highest BCUT2D eigenvalue weighted by Crippen LogP contribution is 2.27. The molecule has 0 aliphatic carbocycles. The van der Waals surface area contributed by atoms with Crippen LogP contribution in [-0.2, 0) is 5.92 Å². The van der Waals surface area contributed by atoms with Crippen molar-refractivity contribution in [3.8, 4) is 0 Å². The van der Waals surface area contributed by atoms with Gasteiger partial charge in [-0.1, -0.05) is 18.7 Å². The first-order valence-corrected chi connectivity index (χ1v) is 4.10. The zero-order chi connectivity index (χ0) is 10.2. The van der Waals surface area contributed by atoms with E-state index in [0.29, 0.717) is 17.1 Å². The lowest BCUT2D eigenvalue weighted by atomic mass is 10.3. The van der Waals surface area contributed by atoms with E-state index in [1.165, 1.54) is 0 Å². The summed E-state index contributed by atoms with van der Waals surface area (Å²) in [5.74, 6) is -3.47. The number of halogens is 2. The van der Waals surface area contributed by atoms with Crippen molar-refractivity contribution in [1.29, 1.82) is 0 Å². The van der Waals surface area contributed by atoms with Crippen molar-refractivity contribution in [2.24, 2.45) is 0 Å². The Kier molecular flexibility index (Phi) is 1.84. The zero-order valence-electron chi connectivity index (χ0n) is 7.30. The second-order valence-electron chi connectivity index (χ2n) is 2.93. The van der Waals surface area contributed by atoms with E-state index < -0.39 is 5.92 Å². The van der Waals surface area contributed by atoms with Gasteiger partial charge >= 0.3 is 5.92 Å². The number of aromatic nitrogens is 2. The molecule has 2 rings (SSSR count). The molecule has 0 amide bonds. The molecular weight excluding hydrogens is 186 g/mol. The third kappa shape index (κ3) is 1.28. The molecule has 0 saturated heterocycles. The number of allylic oxidation sites excluding steroid dienone is 1. The summed E-state index contributed by atoms with van der Waals surface area (Å²) in [5, 5.41) is 0. The normalized spacial score (nSPS) is 11.9. The first kappa shape index (κ1) is 8.87. The number of imidazole rings is 1. The number of para-hydroxylation sites is 2. The van der Waals surface area contributed by atoms with Gasteiger partial charge in [0.1, 0.15) is 0 Å². The highest BCUT2D eigenvalue weighted by atomic mass is 19.3. The van der Waals surface area contributed by atoms with Gasteiger partial charge in [0.25, 0.3) is 0 Å². The second-order valence-corrected chi connectivity index (χ2v) is 2.93. The Morgan fingerprint density at radius 3 is 2.71 bits per heavy atom. The molecule has 0 atom stereocenters. The lowest BCUT2D eigenvalue weighted by Gasteiger charge is -2.05. The molecular formula is C10H8F2N2. The van der Waals surface area contributed by atoms with Crippen LogP contribution in [0.3, 0.4) is 0 Å². The third-order valence-electron chi connectivity index (χ3n) is 1.96. The molecule has 0 bridgehead atoms. The molecule has 0 radical (unpaired) electrons. The highest BCUT2D eigenvalue weighted by molar-refractivity contribution is 5.74. The van der Waals surface area contributed by atoms with E-state index >= 15 is 0 Å². The van der Waals surface area contributed by atoms with Gasteiger partial charge in [-0.15, -0.1) is 0 Å². The van der Waals surface area contributed by atoms with Gasteiger partial charge in [0.2, 0.25) is 0 Å². The molecule has 0 fully saturated rings. The first-order chi connectivity index (χ1) is 6.63. The molecule has 1 aromatic heterocycles. The van der Waals surface area contributed by atoms with E-state index in [1.54, 1.807) is 24.3 Å². The SMILES string of the molecule is C=CC(F)(F)c1nc2ccccc2[nH]1. The molecule has 72 valence electrons. The van der Waals surface area contributed by atoms with Gasteiger partial charge in [0.05, 0.1) is 11.0 Å². The molecule has 2 aromatic rings. The minimum absolute atomic E-state index is 0.367. The molecule has 0 aliphatic heterocycles. The molecule has 1 aromatic carbocycles. The van der Waals surface area contributed by atoms with Crippen molar-refractivity contribution in [2.75, 3.05) is 0 Å². The third-order valence-corrected chi connectivity index (χ3v) is 1.96. The van der Waals surface area contributed by atoms with Crippen LogP contribution in [0, 0.1) is 0 Å². The van der Waals surface area contributed by atoms with Gasteiger partial charge in [-0.25, -0.2) is 4.98 Å². The van der Waals surface area contributed by atoms with Gasteiger partial charge < -0.3 is 4.98 Å². The average molecular weight is 194 g/mol. The molecule has 4 heteroatoms. The first-order valence-electron chi connectivity index (χ1n) is 4.10. The van der Waals surface area contributed by atoms with Gasteiger partial charge in [-0.05, 0) is 18.2 Å². The summed E-state index contributed by atoms with van der Waals surface area (Å²) in [5.41, 5.74) is 1.13. The molecule has 1 heterocycles. The molecule has 0 saturated carbocycles. The van der Waals surface area contributed by atoms with E-state index in [0.717, 1.165) is 0 Å². The summed E-state index contributed by atoms with van der Waals surface area (Å²) in [7, 11) is 0. The molecule has 1 N–H and O–H groups in total. The molecule has 2 nitrogen and oxygen atoms in total. The molecule has 0 spiro atoms. The van der Waals surface area contributed by atoms with Crippen LogP contribution in [0.25, 0.3) is 11.0 Å². The summed E-state index contributed by atoms with van der Waals surface area (Å²) in [6, 6.07) is 6.88. The number of fused-ring (bicyclic) bond motifs is 1. The fraction of sp³-hybridized carbons (Fsp3) is 0.100. The fourth-order valence-electron chi connectivity index (χ4n) is 1.21. The van der Waals surface area contributed by atoms with Crippen LogP contribution < -0.4 is 0 Å². The Balaban J connectivity index is 2.60. The van der Waals surface area contributed by atoms with Gasteiger partial charge in [0, 0.05) is 0 Å². The maximum absolute atomic E-state index is 13.1. The zero-order valence-corrected chi connectivity index (χ0v) is 7.30. The van der Waals surface area contributed by atoms with Crippen LogP contribution in [0.2, 0.25) is 0 Å². The smallest absolute Gasteiger partial charge is 0.322 e. The highest BCUT2D eigenvalue weighted by Gasteiger charge is 2.30. The number of hydrogen-bond donors (Lipinski definition) is 1. The predicted molar refractivity (Wildman–Crippen MR) is 50.2 cm³/mol. The summed E-state index contributed by atoms with van der Waals surface area (Å²) >= 11 is 0. The van der Waals surface area contributed by atoms with Crippen LogP contribution in [0.15, 0.2) is 36.9 Å². The monoisotopic (exact) mass is 194 g/mol. The number of nitrogens with zero attached hydrogens (tertiary/aromatic N) is 1. The van der Waals surface area contributed by atoms with E-state index in [1.807, 2.05) is 0 Å². The Morgan fingerprint density at radius 2 is 2.07 bits per heavy atom. The summed E-state index contributed by atoms with van der Waals surface area (Å²) in [6.45, 7) is 3.07. The van der Waals surface area contributed by atoms with Crippen molar-refractivity contribution < 1.29 is 8.78 Å². The maximum Gasteiger partial charge on any atom is 0.322 e. The topological polar surface area (TPSA) is 28.7 Å². The van der Waals surface area contributed by atoms with E-state index in [-0.39, 0.29) is 5.82 Å². The maximum atomic E-state index is 13.1. The Hall–Kier alpha value is -1.71. The number of benzene rings is 1. The standard InChI is InChI=1S/C10H8F2N2/c1-2-10(11,12)9-13-7-5-3-4-6-8(7)14-9/h2-6H,1H2,(H,13,14). The van der Waals surface area contributed by atoms with Crippen LogP contribution in [0.5, 0.6) is 0 Å². The Labute approximate surface area is 79.3 Å². The Bertz CT molecular complexity index is 441. The van der Waals surface area contributed by atoms with Crippen molar-refractivity contribution in [1.82, 2.24) is 9.97 Å².